The van der Waals surface area contributed by atoms with Crippen LogP contribution in [0.1, 0.15) is 22.9 Å². The highest BCUT2D eigenvalue weighted by molar-refractivity contribution is 6.19. The molecule has 0 N–H and O–H groups in total. The van der Waals surface area contributed by atoms with E-state index >= 15 is 0 Å². The standard InChI is InChI=1S/C44H31N7/c1-49-42(30-17-7-3-8-18-30)47-41(29-15-5-2-6-16-29)48-43(49)31-27-45-44(46-28-31)51-38-24-14-12-22-34(38)36-25-35-33-21-11-13-23-37(33)50(39(35)26-40(36)51)32-19-9-4-10-20-32/h2-28,43H,1H3. The Labute approximate surface area is 294 Å². The number of amidine groups is 2. The summed E-state index contributed by atoms with van der Waals surface area (Å²) in [5.74, 6) is 2.13. The van der Waals surface area contributed by atoms with Crippen molar-refractivity contribution < 1.29 is 0 Å². The van der Waals surface area contributed by atoms with E-state index in [9.17, 15) is 0 Å². The van der Waals surface area contributed by atoms with E-state index in [1.54, 1.807) is 0 Å². The van der Waals surface area contributed by atoms with Crippen molar-refractivity contribution in [3.05, 3.63) is 181 Å². The van der Waals surface area contributed by atoms with Crippen LogP contribution >= 0.6 is 0 Å². The Morgan fingerprint density at radius 2 is 1.02 bits per heavy atom. The molecule has 4 heterocycles. The molecule has 0 saturated heterocycles. The van der Waals surface area contributed by atoms with Crippen LogP contribution in [0.2, 0.25) is 0 Å². The van der Waals surface area contributed by atoms with Gasteiger partial charge in [0.1, 0.15) is 5.84 Å². The summed E-state index contributed by atoms with van der Waals surface area (Å²) in [4.78, 5) is 22.3. The van der Waals surface area contributed by atoms with Gasteiger partial charge in [-0.15, -0.1) is 0 Å². The Bertz CT molecular complexity index is 2800. The molecule has 1 aliphatic heterocycles. The van der Waals surface area contributed by atoms with Crippen LogP contribution < -0.4 is 0 Å². The van der Waals surface area contributed by atoms with Crippen LogP contribution in [0.4, 0.5) is 0 Å². The fourth-order valence-electron chi connectivity index (χ4n) is 7.49. The lowest BCUT2D eigenvalue weighted by Gasteiger charge is -2.32. The molecule has 9 aromatic rings. The molecule has 1 unspecified atom stereocenters. The second-order valence-corrected chi connectivity index (χ2v) is 12.8. The second kappa shape index (κ2) is 11.6. The zero-order valence-electron chi connectivity index (χ0n) is 27.8. The average molecular weight is 658 g/mol. The number of nitrogens with zero attached hydrogens (tertiary/aromatic N) is 7. The molecule has 1 aliphatic rings. The number of aliphatic imine (C=N–C) groups is 2. The Kier molecular flexibility index (Phi) is 6.64. The lowest BCUT2D eigenvalue weighted by molar-refractivity contribution is 0.381. The fraction of sp³-hybridized carbons (Fsp3) is 0.0455. The van der Waals surface area contributed by atoms with Crippen LogP contribution in [-0.4, -0.2) is 42.7 Å². The molecule has 7 nitrogen and oxygen atoms in total. The van der Waals surface area contributed by atoms with Gasteiger partial charge < -0.3 is 9.47 Å². The van der Waals surface area contributed by atoms with Crippen LogP contribution in [0.3, 0.4) is 0 Å². The lowest BCUT2D eigenvalue weighted by Crippen LogP contribution is -2.35. The number of benzene rings is 6. The lowest BCUT2D eigenvalue weighted by atomic mass is 10.1. The van der Waals surface area contributed by atoms with Gasteiger partial charge in [0.2, 0.25) is 5.95 Å². The Hall–Kier alpha value is -6.86. The summed E-state index contributed by atoms with van der Waals surface area (Å²) < 4.78 is 4.53. The quantitative estimate of drug-likeness (QED) is 0.185. The summed E-state index contributed by atoms with van der Waals surface area (Å²) in [5.41, 5.74) is 8.40. The molecule has 0 radical (unpaired) electrons. The van der Waals surface area contributed by atoms with Crippen LogP contribution in [-0.2, 0) is 0 Å². The van der Waals surface area contributed by atoms with Gasteiger partial charge in [0, 0.05) is 63.4 Å². The third-order valence-corrected chi connectivity index (χ3v) is 9.86. The molecule has 1 atom stereocenters. The topological polar surface area (TPSA) is 63.6 Å². The van der Waals surface area contributed by atoms with E-state index in [0.29, 0.717) is 11.8 Å². The van der Waals surface area contributed by atoms with E-state index < -0.39 is 0 Å². The molecule has 242 valence electrons. The minimum absolute atomic E-state index is 0.360. The van der Waals surface area contributed by atoms with Crippen molar-refractivity contribution in [2.45, 2.75) is 6.17 Å². The first-order valence-corrected chi connectivity index (χ1v) is 17.1. The summed E-state index contributed by atoms with van der Waals surface area (Å²) in [5, 5.41) is 4.76. The van der Waals surface area contributed by atoms with E-state index in [0.717, 1.165) is 55.5 Å². The van der Waals surface area contributed by atoms with Gasteiger partial charge in [-0.3, -0.25) is 4.57 Å². The normalized spacial score (nSPS) is 14.8. The first-order chi connectivity index (χ1) is 25.2. The molecule has 0 bridgehead atoms. The Morgan fingerprint density at radius 3 is 1.67 bits per heavy atom. The van der Waals surface area contributed by atoms with E-state index in [-0.39, 0.29) is 6.17 Å². The van der Waals surface area contributed by atoms with Gasteiger partial charge in [0.15, 0.2) is 12.0 Å². The molecule has 3 aromatic heterocycles. The van der Waals surface area contributed by atoms with Gasteiger partial charge in [-0.25, -0.2) is 20.0 Å². The summed E-state index contributed by atoms with van der Waals surface area (Å²) in [6, 6.07) is 52.7. The molecule has 7 heteroatoms. The highest BCUT2D eigenvalue weighted by Crippen LogP contribution is 2.39. The van der Waals surface area contributed by atoms with E-state index in [2.05, 4.69) is 117 Å². The number of fused-ring (bicyclic) bond motifs is 6. The van der Waals surface area contributed by atoms with E-state index in [4.69, 9.17) is 20.0 Å². The van der Waals surface area contributed by atoms with Crippen LogP contribution in [0.5, 0.6) is 0 Å². The van der Waals surface area contributed by atoms with Gasteiger partial charge in [0.05, 0.1) is 22.1 Å². The number of hydrogen-bond acceptors (Lipinski definition) is 5. The number of rotatable bonds is 5. The minimum Gasteiger partial charge on any atom is -0.333 e. The Balaban J connectivity index is 1.14. The van der Waals surface area contributed by atoms with Crippen LogP contribution in [0, 0.1) is 0 Å². The summed E-state index contributed by atoms with van der Waals surface area (Å²) in [6.45, 7) is 0. The van der Waals surface area contributed by atoms with Crippen LogP contribution in [0.15, 0.2) is 174 Å². The predicted octanol–water partition coefficient (Wildman–Crippen LogP) is 9.51. The first kappa shape index (κ1) is 29.1. The van der Waals surface area contributed by atoms with Gasteiger partial charge in [-0.1, -0.05) is 115 Å². The third kappa shape index (κ3) is 4.66. The van der Waals surface area contributed by atoms with Crippen molar-refractivity contribution in [2.75, 3.05) is 7.05 Å². The van der Waals surface area contributed by atoms with Gasteiger partial charge in [-0.2, -0.15) is 0 Å². The van der Waals surface area contributed by atoms with Crippen molar-refractivity contribution in [2.24, 2.45) is 9.98 Å². The molecule has 51 heavy (non-hydrogen) atoms. The van der Waals surface area contributed by atoms with Crippen molar-refractivity contribution in [3.8, 4) is 11.6 Å². The molecule has 0 amide bonds. The number of hydrogen-bond donors (Lipinski definition) is 0. The summed E-state index contributed by atoms with van der Waals surface area (Å²) in [6.07, 6.45) is 3.45. The zero-order chi connectivity index (χ0) is 33.9. The van der Waals surface area contributed by atoms with Crippen molar-refractivity contribution in [3.63, 3.8) is 0 Å². The summed E-state index contributed by atoms with van der Waals surface area (Å²) in [7, 11) is 2.03. The average Bonchev–Trinajstić information content (AvgIpc) is 3.70. The summed E-state index contributed by atoms with van der Waals surface area (Å²) >= 11 is 0. The molecular formula is C44H31N7. The smallest absolute Gasteiger partial charge is 0.234 e. The maximum Gasteiger partial charge on any atom is 0.234 e. The molecule has 0 fully saturated rings. The zero-order valence-corrected chi connectivity index (χ0v) is 27.8. The highest BCUT2D eigenvalue weighted by atomic mass is 15.3. The first-order valence-electron chi connectivity index (χ1n) is 17.1. The van der Waals surface area contributed by atoms with Gasteiger partial charge >= 0.3 is 0 Å². The van der Waals surface area contributed by atoms with Crippen molar-refractivity contribution in [1.82, 2.24) is 24.0 Å². The predicted molar refractivity (Wildman–Crippen MR) is 207 cm³/mol. The van der Waals surface area contributed by atoms with Crippen molar-refractivity contribution in [1.29, 1.82) is 0 Å². The largest absolute Gasteiger partial charge is 0.333 e. The van der Waals surface area contributed by atoms with Crippen LogP contribution in [0.25, 0.3) is 55.2 Å². The van der Waals surface area contributed by atoms with Gasteiger partial charge in [-0.05, 0) is 36.4 Å². The highest BCUT2D eigenvalue weighted by Gasteiger charge is 2.28. The number of para-hydroxylation sites is 3. The monoisotopic (exact) mass is 657 g/mol. The molecule has 10 rings (SSSR count). The molecule has 0 aliphatic carbocycles. The molecular weight excluding hydrogens is 627 g/mol. The van der Waals surface area contributed by atoms with Crippen molar-refractivity contribution >= 4 is 55.3 Å². The second-order valence-electron chi connectivity index (χ2n) is 12.8. The fourth-order valence-corrected chi connectivity index (χ4v) is 7.49. The number of aromatic nitrogens is 4. The van der Waals surface area contributed by atoms with E-state index in [1.807, 2.05) is 68.0 Å². The molecule has 6 aromatic carbocycles. The van der Waals surface area contributed by atoms with E-state index in [1.165, 1.54) is 16.3 Å². The SMILES string of the molecule is CN1C(c2ccccc2)=NC(c2ccccc2)=NC1c1cnc(-n2c3ccccc3c3cc4c5ccccc5n(-c5ccccc5)c4cc32)nc1. The molecule has 0 saturated carbocycles. The maximum atomic E-state index is 5.13. The Morgan fingerprint density at radius 1 is 0.490 bits per heavy atom. The van der Waals surface area contributed by atoms with Gasteiger partial charge in [0.25, 0.3) is 0 Å². The molecule has 0 spiro atoms. The minimum atomic E-state index is -0.360. The third-order valence-electron chi connectivity index (χ3n) is 9.86. The maximum absolute atomic E-state index is 5.13.